The Morgan fingerprint density at radius 2 is 1.80 bits per heavy atom. The highest BCUT2D eigenvalue weighted by Gasteiger charge is 2.28. The molecule has 3 aromatic carbocycles. The van der Waals surface area contributed by atoms with Crippen molar-refractivity contribution in [1.82, 2.24) is 0 Å². The summed E-state index contributed by atoms with van der Waals surface area (Å²) in [4.78, 5) is 14.8. The lowest BCUT2D eigenvalue weighted by Crippen LogP contribution is -2.29. The Morgan fingerprint density at radius 3 is 2.57 bits per heavy atom. The van der Waals surface area contributed by atoms with Crippen molar-refractivity contribution in [2.75, 3.05) is 23.3 Å². The summed E-state index contributed by atoms with van der Waals surface area (Å²) >= 11 is 0. The van der Waals surface area contributed by atoms with Crippen molar-refractivity contribution in [2.24, 2.45) is 0 Å². The number of sulfonamides is 1. The summed E-state index contributed by atoms with van der Waals surface area (Å²) in [6, 6.07) is 18.1. The lowest BCUT2D eigenvalue weighted by molar-refractivity contribution is 0.0988. The number of carbonyl (C=O) groups is 1. The van der Waals surface area contributed by atoms with Gasteiger partial charge in [0.1, 0.15) is 11.5 Å². The summed E-state index contributed by atoms with van der Waals surface area (Å²) < 4.78 is 39.2. The highest BCUT2D eigenvalue weighted by Crippen LogP contribution is 2.39. The van der Waals surface area contributed by atoms with Gasteiger partial charge in [-0.1, -0.05) is 18.2 Å². The van der Waals surface area contributed by atoms with Crippen LogP contribution < -0.4 is 19.1 Å². The molecule has 1 aliphatic rings. The maximum atomic E-state index is 13.2. The molecule has 0 aliphatic carbocycles. The van der Waals surface area contributed by atoms with Gasteiger partial charge in [0, 0.05) is 18.3 Å². The van der Waals surface area contributed by atoms with Gasteiger partial charge in [-0.3, -0.25) is 9.52 Å². The van der Waals surface area contributed by atoms with E-state index >= 15 is 0 Å². The first-order chi connectivity index (χ1) is 14.4. The van der Waals surface area contributed by atoms with Crippen LogP contribution >= 0.6 is 0 Å². The average molecular weight is 424 g/mol. The van der Waals surface area contributed by atoms with E-state index in [1.807, 2.05) is 25.1 Å². The van der Waals surface area contributed by atoms with Crippen molar-refractivity contribution < 1.29 is 22.7 Å². The number of ether oxygens (including phenoxy) is 2. The predicted molar refractivity (Wildman–Crippen MR) is 114 cm³/mol. The van der Waals surface area contributed by atoms with Crippen LogP contribution in [0.4, 0.5) is 11.4 Å². The number of hydrogen-bond acceptors (Lipinski definition) is 5. The first-order valence-electron chi connectivity index (χ1n) is 9.32. The lowest BCUT2D eigenvalue weighted by Gasteiger charge is -2.20. The molecular weight excluding hydrogens is 404 g/mol. The fourth-order valence-electron chi connectivity index (χ4n) is 3.29. The number of anilines is 2. The largest absolute Gasteiger partial charge is 0.497 e. The van der Waals surface area contributed by atoms with Gasteiger partial charge >= 0.3 is 0 Å². The lowest BCUT2D eigenvalue weighted by atomic mass is 10.1. The molecule has 0 bridgehead atoms. The van der Waals surface area contributed by atoms with Gasteiger partial charge in [0.2, 0.25) is 0 Å². The van der Waals surface area contributed by atoms with Crippen LogP contribution in [0.25, 0.3) is 0 Å². The van der Waals surface area contributed by atoms with Crippen LogP contribution in [0.3, 0.4) is 0 Å². The molecule has 0 spiro atoms. The molecule has 0 fully saturated rings. The Labute approximate surface area is 174 Å². The summed E-state index contributed by atoms with van der Waals surface area (Å²) in [6.45, 7) is 2.31. The van der Waals surface area contributed by atoms with Gasteiger partial charge in [-0.15, -0.1) is 0 Å². The molecule has 4 rings (SSSR count). The SMILES string of the molecule is CCN1C(=O)c2cc(NS(=O)(=O)c3cccc(OC)c3)ccc2Oc2ccccc21. The number of nitrogens with one attached hydrogen (secondary N) is 1. The monoisotopic (exact) mass is 424 g/mol. The number of fused-ring (bicyclic) bond motifs is 2. The van der Waals surface area contributed by atoms with Crippen molar-refractivity contribution in [3.63, 3.8) is 0 Å². The summed E-state index contributed by atoms with van der Waals surface area (Å²) in [5.74, 6) is 1.10. The molecule has 154 valence electrons. The smallest absolute Gasteiger partial charge is 0.262 e. The maximum absolute atomic E-state index is 13.2. The van der Waals surface area contributed by atoms with Crippen molar-refractivity contribution in [3.05, 3.63) is 72.3 Å². The van der Waals surface area contributed by atoms with Crippen molar-refractivity contribution in [3.8, 4) is 17.2 Å². The van der Waals surface area contributed by atoms with E-state index in [9.17, 15) is 13.2 Å². The van der Waals surface area contributed by atoms with Gasteiger partial charge in [0.15, 0.2) is 5.75 Å². The zero-order chi connectivity index (χ0) is 21.3. The quantitative estimate of drug-likeness (QED) is 0.661. The van der Waals surface area contributed by atoms with Crippen LogP contribution in [0.15, 0.2) is 71.6 Å². The third-order valence-electron chi connectivity index (χ3n) is 4.75. The maximum Gasteiger partial charge on any atom is 0.262 e. The highest BCUT2D eigenvalue weighted by atomic mass is 32.2. The van der Waals surface area contributed by atoms with Crippen LogP contribution in [-0.2, 0) is 10.0 Å². The molecular formula is C22H20N2O5S. The molecule has 0 saturated heterocycles. The van der Waals surface area contributed by atoms with E-state index in [0.29, 0.717) is 29.5 Å². The normalized spacial score (nSPS) is 13.0. The molecule has 0 saturated carbocycles. The average Bonchev–Trinajstić information content (AvgIpc) is 2.87. The summed E-state index contributed by atoms with van der Waals surface area (Å²) in [7, 11) is -2.40. The van der Waals surface area contributed by atoms with E-state index in [1.54, 1.807) is 35.2 Å². The number of amides is 1. The molecule has 0 unspecified atom stereocenters. The molecule has 1 aliphatic heterocycles. The third-order valence-corrected chi connectivity index (χ3v) is 6.13. The van der Waals surface area contributed by atoms with Crippen LogP contribution in [0.2, 0.25) is 0 Å². The Bertz CT molecular complexity index is 1220. The molecule has 30 heavy (non-hydrogen) atoms. The molecule has 1 N–H and O–H groups in total. The van der Waals surface area contributed by atoms with Gasteiger partial charge in [-0.25, -0.2) is 8.42 Å². The van der Waals surface area contributed by atoms with Crippen molar-refractivity contribution >= 4 is 27.3 Å². The Morgan fingerprint density at radius 1 is 1.00 bits per heavy atom. The first-order valence-corrected chi connectivity index (χ1v) is 10.8. The van der Waals surface area contributed by atoms with Crippen LogP contribution in [0.5, 0.6) is 17.2 Å². The number of carbonyl (C=O) groups excluding carboxylic acids is 1. The zero-order valence-electron chi connectivity index (χ0n) is 16.5. The van der Waals surface area contributed by atoms with Crippen molar-refractivity contribution in [2.45, 2.75) is 11.8 Å². The molecule has 3 aromatic rings. The molecule has 0 radical (unpaired) electrons. The van der Waals surface area contributed by atoms with Crippen LogP contribution in [0.1, 0.15) is 17.3 Å². The highest BCUT2D eigenvalue weighted by molar-refractivity contribution is 7.92. The predicted octanol–water partition coefficient (Wildman–Crippen LogP) is 4.27. The fraction of sp³-hybridized carbons (Fsp3) is 0.136. The Kier molecular flexibility index (Phi) is 5.09. The fourth-order valence-corrected chi connectivity index (χ4v) is 4.37. The minimum Gasteiger partial charge on any atom is -0.497 e. The Hall–Kier alpha value is -3.52. The van der Waals surface area contributed by atoms with E-state index in [-0.39, 0.29) is 22.1 Å². The van der Waals surface area contributed by atoms with E-state index in [4.69, 9.17) is 9.47 Å². The molecule has 0 atom stereocenters. The third kappa shape index (κ3) is 3.57. The second-order valence-corrected chi connectivity index (χ2v) is 8.30. The minimum absolute atomic E-state index is 0.0574. The minimum atomic E-state index is -3.87. The Balaban J connectivity index is 1.71. The van der Waals surface area contributed by atoms with Gasteiger partial charge in [0.05, 0.1) is 23.3 Å². The number of nitrogens with zero attached hydrogens (tertiary/aromatic N) is 1. The van der Waals surface area contributed by atoms with E-state index < -0.39 is 10.0 Å². The van der Waals surface area contributed by atoms with E-state index in [1.165, 1.54) is 25.3 Å². The topological polar surface area (TPSA) is 84.9 Å². The number of benzene rings is 3. The van der Waals surface area contributed by atoms with E-state index in [2.05, 4.69) is 4.72 Å². The number of hydrogen-bond donors (Lipinski definition) is 1. The van der Waals surface area contributed by atoms with Gasteiger partial charge in [0.25, 0.3) is 15.9 Å². The summed E-state index contributed by atoms with van der Waals surface area (Å²) in [6.07, 6.45) is 0. The summed E-state index contributed by atoms with van der Waals surface area (Å²) in [5, 5.41) is 0. The van der Waals surface area contributed by atoms with Gasteiger partial charge in [-0.2, -0.15) is 0 Å². The first kappa shape index (κ1) is 19.8. The number of methoxy groups -OCH3 is 1. The zero-order valence-corrected chi connectivity index (χ0v) is 17.3. The molecule has 1 amide bonds. The van der Waals surface area contributed by atoms with Crippen molar-refractivity contribution in [1.29, 1.82) is 0 Å². The molecule has 0 aromatic heterocycles. The number of rotatable bonds is 5. The van der Waals surface area contributed by atoms with Gasteiger partial charge < -0.3 is 14.4 Å². The molecule has 7 nitrogen and oxygen atoms in total. The standard InChI is InChI=1S/C22H20N2O5S/c1-3-24-19-9-4-5-10-21(19)29-20-12-11-15(13-18(20)22(24)25)23-30(26,27)17-8-6-7-16(14-17)28-2/h4-14,23H,3H2,1-2H3. The number of para-hydroxylation sites is 2. The molecule has 8 heteroatoms. The van der Waals surface area contributed by atoms with Gasteiger partial charge in [-0.05, 0) is 49.4 Å². The van der Waals surface area contributed by atoms with Crippen LogP contribution in [0, 0.1) is 0 Å². The molecule has 1 heterocycles. The van der Waals surface area contributed by atoms with Crippen LogP contribution in [-0.4, -0.2) is 28.0 Å². The second-order valence-electron chi connectivity index (χ2n) is 6.61. The summed E-state index contributed by atoms with van der Waals surface area (Å²) in [5.41, 5.74) is 1.20. The second kappa shape index (κ2) is 7.72. The van der Waals surface area contributed by atoms with E-state index in [0.717, 1.165) is 0 Å².